The lowest BCUT2D eigenvalue weighted by molar-refractivity contribution is 1.18. The lowest BCUT2D eigenvalue weighted by Crippen LogP contribution is -2.10. The first-order chi connectivity index (χ1) is 37.8. The summed E-state index contributed by atoms with van der Waals surface area (Å²) < 4.78 is 5.05. The number of rotatable bonds is 9. The van der Waals surface area contributed by atoms with E-state index >= 15 is 0 Å². The number of benzene rings is 12. The molecule has 15 rings (SSSR count). The minimum absolute atomic E-state index is 1.09. The molecule has 76 heavy (non-hydrogen) atoms. The third kappa shape index (κ3) is 6.85. The second kappa shape index (κ2) is 17.8. The fourth-order valence-corrected chi connectivity index (χ4v) is 12.2. The molecule has 2 aromatic heterocycles. The molecule has 0 atom stereocenters. The van der Waals surface area contributed by atoms with E-state index in [9.17, 15) is 0 Å². The zero-order valence-corrected chi connectivity index (χ0v) is 41.5. The topological polar surface area (TPSA) is 16.3 Å². The van der Waals surface area contributed by atoms with Gasteiger partial charge in [-0.1, -0.05) is 188 Å². The maximum atomic E-state index is 2.61. The van der Waals surface area contributed by atoms with E-state index in [0.29, 0.717) is 0 Å². The molecule has 3 heterocycles. The van der Waals surface area contributed by atoms with Crippen LogP contribution in [-0.4, -0.2) is 9.13 Å². The Morgan fingerprint density at radius 2 is 0.697 bits per heavy atom. The van der Waals surface area contributed by atoms with E-state index in [1.807, 2.05) is 0 Å². The van der Waals surface area contributed by atoms with Crippen LogP contribution in [0.1, 0.15) is 22.3 Å². The summed E-state index contributed by atoms with van der Waals surface area (Å²) in [5.74, 6) is 0. The summed E-state index contributed by atoms with van der Waals surface area (Å²) >= 11 is 0. The van der Waals surface area contributed by atoms with Crippen LogP contribution in [0.2, 0.25) is 0 Å². The van der Waals surface area contributed by atoms with Gasteiger partial charge in [-0.05, 0) is 131 Å². The normalized spacial score (nSPS) is 12.2. The highest BCUT2D eigenvalue weighted by Crippen LogP contribution is 2.53. The SMILES string of the molecule is c1ccc(C2=C(c3ccccc3)c3cc(N(c4ccccc4)c4ccccc4)cc4c5ccccc5n(c34)-c3c2ccc2c3ccc3c2c2cc(N(c4ccccc4)c4ccccc4)ccc2n3-c2ccccc2)cc1. The second-order valence-electron chi connectivity index (χ2n) is 19.6. The van der Waals surface area contributed by atoms with Gasteiger partial charge in [0.15, 0.2) is 0 Å². The van der Waals surface area contributed by atoms with Gasteiger partial charge in [-0.2, -0.15) is 0 Å². The molecule has 14 aromatic rings. The predicted octanol–water partition coefficient (Wildman–Crippen LogP) is 19.3. The van der Waals surface area contributed by atoms with Crippen molar-refractivity contribution in [3.8, 4) is 11.4 Å². The molecule has 0 spiro atoms. The summed E-state index contributed by atoms with van der Waals surface area (Å²) in [6.45, 7) is 0. The number of hydrogen-bond acceptors (Lipinski definition) is 2. The van der Waals surface area contributed by atoms with Gasteiger partial charge in [-0.25, -0.2) is 0 Å². The number of aromatic nitrogens is 2. The molecular formula is C72H48N4. The number of hydrogen-bond donors (Lipinski definition) is 0. The maximum Gasteiger partial charge on any atom is 0.0621 e. The zero-order valence-electron chi connectivity index (χ0n) is 41.5. The Bertz CT molecular complexity index is 4450. The highest BCUT2D eigenvalue weighted by atomic mass is 15.1. The monoisotopic (exact) mass is 968 g/mol. The van der Waals surface area contributed by atoms with Crippen molar-refractivity contribution in [1.29, 1.82) is 0 Å². The first kappa shape index (κ1) is 43.4. The Morgan fingerprint density at radius 3 is 1.28 bits per heavy atom. The smallest absolute Gasteiger partial charge is 0.0621 e. The second-order valence-corrected chi connectivity index (χ2v) is 19.6. The van der Waals surface area contributed by atoms with Crippen molar-refractivity contribution in [1.82, 2.24) is 9.13 Å². The molecule has 0 saturated carbocycles. The molecule has 1 aliphatic rings. The molecule has 4 nitrogen and oxygen atoms in total. The molecule has 0 amide bonds. The fraction of sp³-hybridized carbons (Fsp3) is 0. The van der Waals surface area contributed by atoms with Crippen LogP contribution < -0.4 is 9.80 Å². The van der Waals surface area contributed by atoms with Crippen molar-refractivity contribution in [2.75, 3.05) is 9.80 Å². The van der Waals surface area contributed by atoms with Crippen molar-refractivity contribution in [2.45, 2.75) is 0 Å². The Labute approximate surface area is 441 Å². The number of nitrogens with zero attached hydrogens (tertiary/aromatic N) is 4. The lowest BCUT2D eigenvalue weighted by Gasteiger charge is -2.27. The Balaban J connectivity index is 1.10. The standard InChI is InChI=1S/C72H48N4/c1-8-24-49(25-9-1)68-61-42-41-59-60(43-45-67-70(59)63-46-56(40-44-66(63)75(67)55-36-20-7-21-37-55)73(51-28-12-3-13-29-51)52-30-14-4-15-31-52)71(61)76-65-39-23-22-38-58(65)62-47-57(48-64(72(62)76)69(68)50-26-10-2-11-27-50)74(53-32-16-5-17-33-53)54-34-18-6-19-35-54/h1-48H. The van der Waals surface area contributed by atoms with E-state index in [-0.39, 0.29) is 0 Å². The van der Waals surface area contributed by atoms with Crippen molar-refractivity contribution in [2.24, 2.45) is 0 Å². The van der Waals surface area contributed by atoms with Gasteiger partial charge in [-0.15, -0.1) is 0 Å². The van der Waals surface area contributed by atoms with Gasteiger partial charge >= 0.3 is 0 Å². The van der Waals surface area contributed by atoms with Crippen LogP contribution in [0.25, 0.3) is 76.9 Å². The first-order valence-electron chi connectivity index (χ1n) is 26.1. The molecule has 1 aliphatic heterocycles. The van der Waals surface area contributed by atoms with Gasteiger partial charge in [0, 0.05) is 77.9 Å². The van der Waals surface area contributed by atoms with Crippen molar-refractivity contribution in [3.63, 3.8) is 0 Å². The third-order valence-electron chi connectivity index (χ3n) is 15.4. The zero-order chi connectivity index (χ0) is 50.1. The summed E-state index contributed by atoms with van der Waals surface area (Å²) in [5, 5.41) is 7.17. The maximum absolute atomic E-state index is 2.61. The van der Waals surface area contributed by atoms with Crippen LogP contribution in [0.15, 0.2) is 291 Å². The van der Waals surface area contributed by atoms with Gasteiger partial charge in [0.1, 0.15) is 0 Å². The predicted molar refractivity (Wildman–Crippen MR) is 320 cm³/mol. The molecule has 12 aromatic carbocycles. The molecule has 0 unspecified atom stereocenters. The number of para-hydroxylation sites is 6. The number of fused-ring (bicyclic) bond motifs is 11. The minimum Gasteiger partial charge on any atom is -0.310 e. The van der Waals surface area contributed by atoms with Gasteiger partial charge in [0.25, 0.3) is 0 Å². The highest BCUT2D eigenvalue weighted by Gasteiger charge is 2.32. The summed E-state index contributed by atoms with van der Waals surface area (Å²) in [6.07, 6.45) is 0. The summed E-state index contributed by atoms with van der Waals surface area (Å²) in [4.78, 5) is 4.78. The van der Waals surface area contributed by atoms with E-state index in [2.05, 4.69) is 310 Å². The molecule has 0 bridgehead atoms. The summed E-state index contributed by atoms with van der Waals surface area (Å²) in [6, 6.07) is 106. The van der Waals surface area contributed by atoms with E-state index in [1.54, 1.807) is 0 Å². The Kier molecular flexibility index (Phi) is 10.2. The van der Waals surface area contributed by atoms with Crippen LogP contribution >= 0.6 is 0 Å². The fourth-order valence-electron chi connectivity index (χ4n) is 12.2. The van der Waals surface area contributed by atoms with Crippen LogP contribution in [0.5, 0.6) is 0 Å². The third-order valence-corrected chi connectivity index (χ3v) is 15.4. The van der Waals surface area contributed by atoms with E-state index in [4.69, 9.17) is 0 Å². The van der Waals surface area contributed by atoms with Gasteiger partial charge in [0.2, 0.25) is 0 Å². The molecule has 0 aliphatic carbocycles. The van der Waals surface area contributed by atoms with Crippen LogP contribution in [0, 0.1) is 0 Å². The average molecular weight is 969 g/mol. The molecule has 0 radical (unpaired) electrons. The van der Waals surface area contributed by atoms with E-state index in [0.717, 1.165) is 67.5 Å². The van der Waals surface area contributed by atoms with Crippen LogP contribution in [0.3, 0.4) is 0 Å². The van der Waals surface area contributed by atoms with Crippen LogP contribution in [-0.2, 0) is 0 Å². The van der Waals surface area contributed by atoms with Crippen molar-refractivity contribution < 1.29 is 0 Å². The Hall–Kier alpha value is -10.2. The summed E-state index contributed by atoms with van der Waals surface area (Å²) in [7, 11) is 0. The van der Waals surface area contributed by atoms with E-state index in [1.165, 1.54) is 65.8 Å². The average Bonchev–Trinajstić information content (AvgIpc) is 4.02. The molecule has 0 saturated heterocycles. The first-order valence-corrected chi connectivity index (χ1v) is 26.1. The minimum atomic E-state index is 1.09. The molecule has 4 heteroatoms. The quantitative estimate of drug-likeness (QED) is 0.143. The van der Waals surface area contributed by atoms with E-state index < -0.39 is 0 Å². The van der Waals surface area contributed by atoms with Crippen molar-refractivity contribution in [3.05, 3.63) is 313 Å². The molecule has 0 N–H and O–H groups in total. The molecular weight excluding hydrogens is 921 g/mol. The van der Waals surface area contributed by atoms with Gasteiger partial charge in [-0.3, -0.25) is 0 Å². The van der Waals surface area contributed by atoms with Gasteiger partial charge in [0.05, 0.1) is 27.8 Å². The highest BCUT2D eigenvalue weighted by molar-refractivity contribution is 6.27. The largest absolute Gasteiger partial charge is 0.310 e. The van der Waals surface area contributed by atoms with Crippen LogP contribution in [0.4, 0.5) is 34.1 Å². The number of anilines is 6. The van der Waals surface area contributed by atoms with Crippen molar-refractivity contribution >= 4 is 99.7 Å². The lowest BCUT2D eigenvalue weighted by atomic mass is 9.84. The molecule has 356 valence electrons. The Morgan fingerprint density at radius 1 is 0.250 bits per heavy atom. The van der Waals surface area contributed by atoms with Gasteiger partial charge < -0.3 is 18.9 Å². The molecule has 0 fully saturated rings. The summed E-state index contributed by atoms with van der Waals surface area (Å²) in [5.41, 5.74) is 20.6.